The number of aromatic nitrogens is 2. The minimum Gasteiger partial charge on any atom is -0.324 e. The summed E-state index contributed by atoms with van der Waals surface area (Å²) in [5, 5.41) is 0. The molecule has 0 radical (unpaired) electrons. The Labute approximate surface area is 80.5 Å². The van der Waals surface area contributed by atoms with Crippen LogP contribution in [-0.2, 0) is 12.3 Å². The number of nitrogens with zero attached hydrogens (tertiary/aromatic N) is 2. The molecule has 1 aromatic heterocycles. The summed E-state index contributed by atoms with van der Waals surface area (Å²) in [5.74, 6) is 2.92. The molecule has 2 rings (SSSR count). The van der Waals surface area contributed by atoms with Crippen molar-refractivity contribution in [2.75, 3.05) is 12.3 Å². The molecule has 1 aromatic rings. The van der Waals surface area contributed by atoms with E-state index in [4.69, 9.17) is 5.73 Å². The first-order valence-electron chi connectivity index (χ1n) is 4.18. The second-order valence-electron chi connectivity index (χ2n) is 2.89. The van der Waals surface area contributed by atoms with Crippen LogP contribution < -0.4 is 5.73 Å². The fourth-order valence-electron chi connectivity index (χ4n) is 1.43. The zero-order valence-electron chi connectivity index (χ0n) is 7.19. The van der Waals surface area contributed by atoms with Gasteiger partial charge in [0, 0.05) is 12.3 Å². The van der Waals surface area contributed by atoms with Gasteiger partial charge in [-0.05, 0) is 0 Å². The third-order valence-electron chi connectivity index (χ3n) is 2.10. The minimum absolute atomic E-state index is 0.0225. The van der Waals surface area contributed by atoms with Crippen LogP contribution in [0, 0.1) is 0 Å². The zero-order valence-corrected chi connectivity index (χ0v) is 8.01. The molecule has 0 aromatic carbocycles. The highest BCUT2D eigenvalue weighted by Crippen LogP contribution is 2.19. The molecule has 0 unspecified atom stereocenters. The van der Waals surface area contributed by atoms with Crippen molar-refractivity contribution < 1.29 is 4.79 Å². The van der Waals surface area contributed by atoms with Crippen LogP contribution in [0.5, 0.6) is 0 Å². The molecule has 0 saturated carbocycles. The smallest absolute Gasteiger partial charge is 0.194 e. The van der Waals surface area contributed by atoms with E-state index in [1.54, 1.807) is 6.20 Å². The van der Waals surface area contributed by atoms with Crippen molar-refractivity contribution in [1.82, 2.24) is 9.55 Å². The highest BCUT2D eigenvalue weighted by Gasteiger charge is 2.17. The number of fused-ring (bicyclic) bond motifs is 1. The number of carbonyl (C=O) groups is 1. The molecule has 2 N–H and O–H groups in total. The fourth-order valence-corrected chi connectivity index (χ4v) is 2.29. The van der Waals surface area contributed by atoms with Gasteiger partial charge in [-0.15, -0.1) is 0 Å². The number of rotatable bonds is 2. The number of imidazole rings is 1. The summed E-state index contributed by atoms with van der Waals surface area (Å²) in [5.41, 5.74) is 5.97. The number of hydrogen-bond acceptors (Lipinski definition) is 4. The van der Waals surface area contributed by atoms with Gasteiger partial charge in [-0.25, -0.2) is 4.98 Å². The third-order valence-corrected chi connectivity index (χ3v) is 3.03. The Morgan fingerprint density at radius 3 is 3.38 bits per heavy atom. The van der Waals surface area contributed by atoms with Crippen molar-refractivity contribution in [3.8, 4) is 0 Å². The monoisotopic (exact) mass is 197 g/mol. The predicted octanol–water partition coefficient (Wildman–Crippen LogP) is 0.271. The van der Waals surface area contributed by atoms with Gasteiger partial charge in [0.25, 0.3) is 0 Å². The Balaban J connectivity index is 2.36. The van der Waals surface area contributed by atoms with Gasteiger partial charge in [0.1, 0.15) is 11.5 Å². The predicted molar refractivity (Wildman–Crippen MR) is 51.8 cm³/mol. The van der Waals surface area contributed by atoms with Gasteiger partial charge in [-0.1, -0.05) is 0 Å². The third kappa shape index (κ3) is 1.49. The molecule has 0 spiro atoms. The molecular formula is C8H11N3OS. The lowest BCUT2D eigenvalue weighted by atomic mass is 10.3. The maximum absolute atomic E-state index is 11.4. The van der Waals surface area contributed by atoms with Crippen LogP contribution in [0.25, 0.3) is 0 Å². The topological polar surface area (TPSA) is 60.9 Å². The van der Waals surface area contributed by atoms with Gasteiger partial charge < -0.3 is 10.3 Å². The number of carbonyl (C=O) groups excluding carboxylic acids is 1. The lowest BCUT2D eigenvalue weighted by Crippen LogP contribution is -2.21. The van der Waals surface area contributed by atoms with Crippen molar-refractivity contribution in [2.24, 2.45) is 5.73 Å². The van der Waals surface area contributed by atoms with Crippen LogP contribution in [0.15, 0.2) is 6.20 Å². The van der Waals surface area contributed by atoms with Crippen molar-refractivity contribution in [2.45, 2.75) is 12.3 Å². The van der Waals surface area contributed by atoms with Gasteiger partial charge >= 0.3 is 0 Å². The van der Waals surface area contributed by atoms with E-state index in [1.165, 1.54) is 0 Å². The molecule has 70 valence electrons. The van der Waals surface area contributed by atoms with Crippen LogP contribution in [0.2, 0.25) is 0 Å². The quantitative estimate of drug-likeness (QED) is 0.691. The molecule has 0 atom stereocenters. The first-order valence-corrected chi connectivity index (χ1v) is 5.34. The summed E-state index contributed by atoms with van der Waals surface area (Å²) in [4.78, 5) is 15.5. The second-order valence-corrected chi connectivity index (χ2v) is 4.00. The van der Waals surface area contributed by atoms with E-state index in [0.717, 1.165) is 23.9 Å². The maximum atomic E-state index is 11.4. The Bertz CT molecular complexity index is 334. The van der Waals surface area contributed by atoms with Crippen molar-refractivity contribution in [1.29, 1.82) is 0 Å². The van der Waals surface area contributed by atoms with Crippen molar-refractivity contribution in [3.63, 3.8) is 0 Å². The number of Topliss-reactive ketones (excluding diaryl/α,β-unsaturated/α-hetero) is 1. The first kappa shape index (κ1) is 8.77. The summed E-state index contributed by atoms with van der Waals surface area (Å²) in [6, 6.07) is 0. The summed E-state index contributed by atoms with van der Waals surface area (Å²) in [6.45, 7) is 0.944. The Morgan fingerprint density at radius 2 is 2.62 bits per heavy atom. The molecule has 0 bridgehead atoms. The van der Waals surface area contributed by atoms with Gasteiger partial charge in [0.05, 0.1) is 18.5 Å². The van der Waals surface area contributed by atoms with Crippen LogP contribution >= 0.6 is 11.8 Å². The summed E-state index contributed by atoms with van der Waals surface area (Å²) >= 11 is 1.84. The largest absolute Gasteiger partial charge is 0.324 e. The van der Waals surface area contributed by atoms with E-state index in [2.05, 4.69) is 4.98 Å². The molecular weight excluding hydrogens is 186 g/mol. The molecule has 1 aliphatic heterocycles. The lowest BCUT2D eigenvalue weighted by Gasteiger charge is -2.15. The Hall–Kier alpha value is -0.810. The standard InChI is InChI=1S/C8H11N3OS/c9-3-7(12)6-4-10-8-5-13-2-1-11(6)8/h4H,1-3,5,9H2. The Morgan fingerprint density at radius 1 is 1.77 bits per heavy atom. The van der Waals surface area contributed by atoms with Crippen LogP contribution in [0.3, 0.4) is 0 Å². The van der Waals surface area contributed by atoms with Crippen molar-refractivity contribution >= 4 is 17.5 Å². The molecule has 0 saturated heterocycles. The van der Waals surface area contributed by atoms with Crippen LogP contribution in [0.4, 0.5) is 0 Å². The maximum Gasteiger partial charge on any atom is 0.194 e. The normalized spacial score (nSPS) is 15.5. The van der Waals surface area contributed by atoms with E-state index in [-0.39, 0.29) is 12.3 Å². The molecule has 0 aliphatic carbocycles. The van der Waals surface area contributed by atoms with E-state index in [0.29, 0.717) is 5.69 Å². The van der Waals surface area contributed by atoms with Gasteiger partial charge in [0.15, 0.2) is 5.78 Å². The number of thioether (sulfide) groups is 1. The second kappa shape index (κ2) is 3.51. The average molecular weight is 197 g/mol. The van der Waals surface area contributed by atoms with Gasteiger partial charge in [-0.2, -0.15) is 11.8 Å². The fraction of sp³-hybridized carbons (Fsp3) is 0.500. The molecule has 5 heteroatoms. The van der Waals surface area contributed by atoms with Crippen LogP contribution in [0.1, 0.15) is 16.3 Å². The Kier molecular flexibility index (Phi) is 2.37. The summed E-state index contributed by atoms with van der Waals surface area (Å²) in [6.07, 6.45) is 1.64. The number of hydrogen-bond donors (Lipinski definition) is 1. The molecule has 13 heavy (non-hydrogen) atoms. The van der Waals surface area contributed by atoms with E-state index in [9.17, 15) is 4.79 Å². The SMILES string of the molecule is NCC(=O)c1cnc2n1CCSC2. The highest BCUT2D eigenvalue weighted by molar-refractivity contribution is 7.98. The molecule has 2 heterocycles. The van der Waals surface area contributed by atoms with E-state index >= 15 is 0 Å². The highest BCUT2D eigenvalue weighted by atomic mass is 32.2. The van der Waals surface area contributed by atoms with Crippen LogP contribution in [-0.4, -0.2) is 27.6 Å². The lowest BCUT2D eigenvalue weighted by molar-refractivity contribution is 0.0992. The molecule has 4 nitrogen and oxygen atoms in total. The summed E-state index contributed by atoms with van der Waals surface area (Å²) in [7, 11) is 0. The number of ketones is 1. The molecule has 0 amide bonds. The molecule has 0 fully saturated rings. The van der Waals surface area contributed by atoms with E-state index < -0.39 is 0 Å². The zero-order chi connectivity index (χ0) is 9.26. The van der Waals surface area contributed by atoms with Gasteiger partial charge in [0.2, 0.25) is 0 Å². The summed E-state index contributed by atoms with van der Waals surface area (Å²) < 4.78 is 1.98. The molecule has 1 aliphatic rings. The average Bonchev–Trinajstić information content (AvgIpc) is 2.60. The van der Waals surface area contributed by atoms with Crippen molar-refractivity contribution in [3.05, 3.63) is 17.7 Å². The number of nitrogens with two attached hydrogens (primary N) is 1. The van der Waals surface area contributed by atoms with E-state index in [1.807, 2.05) is 16.3 Å². The van der Waals surface area contributed by atoms with Gasteiger partial charge in [-0.3, -0.25) is 4.79 Å². The minimum atomic E-state index is -0.0225. The first-order chi connectivity index (χ1) is 6.33.